The van der Waals surface area contributed by atoms with Gasteiger partial charge in [0.05, 0.1) is 17.4 Å². The van der Waals surface area contributed by atoms with E-state index in [9.17, 15) is 33.3 Å². The van der Waals surface area contributed by atoms with Crippen LogP contribution in [0.4, 0.5) is 9.59 Å². The standard InChI is InChI=1S/C54H63N4O11P/c1-38(2)30-47(57-53(63)66-34-42-24-14-7-15-25-42)51(61)55-45(32-40-20-10-5-11-21-40)49(59)36-68-70(65,44-28-18-9-19-29-44)69-37-50(60)46(33-41-22-12-6-13-23-41)56-52(62)48(31-39(3)4)58-54(64)67-35-43-26-16-8-17-27-43/h5-29,38-39,45-48H,30-37H2,1-4H3,(H,55,61)(H,56,62)(H,57,63)(H,58,64)/t45-,46-,47-,48-/m0/s1. The molecule has 4 amide bonds. The molecule has 0 unspecified atom stereocenters. The third-order valence-electron chi connectivity index (χ3n) is 10.9. The van der Waals surface area contributed by atoms with Gasteiger partial charge in [0, 0.05) is 0 Å². The molecule has 16 heteroatoms. The van der Waals surface area contributed by atoms with Crippen molar-refractivity contribution in [2.75, 3.05) is 13.2 Å². The van der Waals surface area contributed by atoms with Crippen molar-refractivity contribution in [1.29, 1.82) is 0 Å². The van der Waals surface area contributed by atoms with Gasteiger partial charge in [-0.3, -0.25) is 32.8 Å². The lowest BCUT2D eigenvalue weighted by Crippen LogP contribution is -2.53. The van der Waals surface area contributed by atoms with E-state index in [1.807, 2.05) is 64.1 Å². The van der Waals surface area contributed by atoms with Gasteiger partial charge in [-0.15, -0.1) is 0 Å². The summed E-state index contributed by atoms with van der Waals surface area (Å²) in [5, 5.41) is 10.9. The van der Waals surface area contributed by atoms with Gasteiger partial charge in [0.2, 0.25) is 11.8 Å². The summed E-state index contributed by atoms with van der Waals surface area (Å²) in [6.07, 6.45) is -1.13. The Morgan fingerprint density at radius 1 is 0.429 bits per heavy atom. The fourth-order valence-corrected chi connectivity index (χ4v) is 8.75. The first-order chi connectivity index (χ1) is 33.7. The predicted octanol–water partition coefficient (Wildman–Crippen LogP) is 7.81. The summed E-state index contributed by atoms with van der Waals surface area (Å²) in [7, 11) is -4.49. The molecule has 5 aromatic rings. The van der Waals surface area contributed by atoms with Crippen LogP contribution in [0.1, 0.15) is 62.8 Å². The second-order valence-electron chi connectivity index (χ2n) is 17.6. The summed E-state index contributed by atoms with van der Waals surface area (Å²) < 4.78 is 37.4. The predicted molar refractivity (Wildman–Crippen MR) is 266 cm³/mol. The molecule has 370 valence electrons. The van der Waals surface area contributed by atoms with Gasteiger partial charge in [0.1, 0.15) is 38.5 Å². The third-order valence-corrected chi connectivity index (χ3v) is 12.7. The lowest BCUT2D eigenvalue weighted by Gasteiger charge is -2.26. The minimum atomic E-state index is -4.49. The fourth-order valence-electron chi connectivity index (χ4n) is 7.25. The van der Waals surface area contributed by atoms with Crippen LogP contribution < -0.4 is 26.6 Å². The molecule has 0 bridgehead atoms. The number of hydrogen-bond acceptors (Lipinski definition) is 11. The smallest absolute Gasteiger partial charge is 0.408 e. The number of nitrogens with one attached hydrogen (secondary N) is 4. The Labute approximate surface area is 410 Å². The Bertz CT molecular complexity index is 2330. The number of rotatable bonds is 27. The molecular formula is C54H63N4O11P. The van der Waals surface area contributed by atoms with Crippen molar-refractivity contribution in [3.05, 3.63) is 174 Å². The molecule has 0 spiro atoms. The molecule has 4 N–H and O–H groups in total. The van der Waals surface area contributed by atoms with Gasteiger partial charge in [-0.2, -0.15) is 0 Å². The van der Waals surface area contributed by atoms with E-state index in [2.05, 4.69) is 21.3 Å². The number of amides is 4. The molecule has 0 aromatic heterocycles. The molecule has 5 aromatic carbocycles. The zero-order valence-corrected chi connectivity index (χ0v) is 40.9. The molecule has 0 radical (unpaired) electrons. The number of alkyl carbamates (subject to hydrolysis) is 2. The maximum absolute atomic E-state index is 14.8. The van der Waals surface area contributed by atoms with Crippen LogP contribution in [0.15, 0.2) is 152 Å². The zero-order valence-electron chi connectivity index (χ0n) is 40.0. The van der Waals surface area contributed by atoms with Crippen molar-refractivity contribution in [2.45, 2.75) is 90.8 Å². The topological polar surface area (TPSA) is 205 Å². The average molecular weight is 975 g/mol. The summed E-state index contributed by atoms with van der Waals surface area (Å²) in [5.41, 5.74) is 2.92. The van der Waals surface area contributed by atoms with Crippen LogP contribution in [0.25, 0.3) is 0 Å². The highest BCUT2D eigenvalue weighted by Crippen LogP contribution is 2.47. The quantitative estimate of drug-likeness (QED) is 0.0374. The molecule has 0 saturated heterocycles. The molecule has 0 aliphatic rings. The van der Waals surface area contributed by atoms with E-state index < -0.39 is 80.5 Å². The maximum atomic E-state index is 14.8. The lowest BCUT2D eigenvalue weighted by molar-refractivity contribution is -0.130. The third kappa shape index (κ3) is 18.5. The van der Waals surface area contributed by atoms with Crippen LogP contribution in [0.3, 0.4) is 0 Å². The SMILES string of the molecule is CC(C)C[C@H](NC(=O)OCc1ccccc1)C(=O)N[C@@H](Cc1ccccc1)C(=O)COP(=O)(OCC(=O)[C@H](Cc1ccccc1)NC(=O)[C@H](CC(C)C)NC(=O)OCc1ccccc1)c1ccccc1. The van der Waals surface area contributed by atoms with Crippen LogP contribution in [0, 0.1) is 11.8 Å². The van der Waals surface area contributed by atoms with E-state index >= 15 is 0 Å². The van der Waals surface area contributed by atoms with Crippen LogP contribution in [-0.2, 0) is 68.3 Å². The number of Topliss-reactive ketones (excluding diaryl/α,β-unsaturated/α-hetero) is 2. The van der Waals surface area contributed by atoms with Crippen molar-refractivity contribution in [3.8, 4) is 0 Å². The monoisotopic (exact) mass is 974 g/mol. The van der Waals surface area contributed by atoms with Gasteiger partial charge >= 0.3 is 19.8 Å². The van der Waals surface area contributed by atoms with Gasteiger partial charge in [0.15, 0.2) is 11.6 Å². The fraction of sp³-hybridized carbons (Fsp3) is 0.333. The first-order valence-corrected chi connectivity index (χ1v) is 24.8. The van der Waals surface area contributed by atoms with E-state index in [1.165, 1.54) is 12.1 Å². The molecule has 5 rings (SSSR count). The average Bonchev–Trinajstić information content (AvgIpc) is 3.36. The zero-order chi connectivity index (χ0) is 50.3. The van der Waals surface area contributed by atoms with Gasteiger partial charge in [-0.25, -0.2) is 9.59 Å². The Hall–Kier alpha value is -6.93. The van der Waals surface area contributed by atoms with Crippen LogP contribution in [-0.4, -0.2) is 72.9 Å². The first kappa shape index (κ1) is 54.0. The Morgan fingerprint density at radius 3 is 1.07 bits per heavy atom. The molecule has 4 atom stereocenters. The molecule has 0 aliphatic carbocycles. The molecule has 70 heavy (non-hydrogen) atoms. The van der Waals surface area contributed by atoms with Crippen molar-refractivity contribution in [1.82, 2.24) is 21.3 Å². The van der Waals surface area contributed by atoms with E-state index in [4.69, 9.17) is 18.5 Å². The minimum absolute atomic E-state index is 0.0171. The largest absolute Gasteiger partial charge is 0.445 e. The van der Waals surface area contributed by atoms with Crippen LogP contribution in [0.2, 0.25) is 0 Å². The van der Waals surface area contributed by atoms with Crippen LogP contribution >= 0.6 is 7.60 Å². The van der Waals surface area contributed by atoms with E-state index in [-0.39, 0.29) is 56.0 Å². The number of carbonyl (C=O) groups excluding carboxylic acids is 6. The summed E-state index contributed by atoms with van der Waals surface area (Å²) in [5.74, 6) is -2.71. The summed E-state index contributed by atoms with van der Waals surface area (Å²) in [6.45, 7) is 5.88. The molecule has 0 fully saturated rings. The second kappa shape index (κ2) is 27.9. The Balaban J connectivity index is 1.31. The second-order valence-corrected chi connectivity index (χ2v) is 19.6. The number of hydrogen-bond donors (Lipinski definition) is 4. The first-order valence-electron chi connectivity index (χ1n) is 23.3. The molecular weight excluding hydrogens is 912 g/mol. The Morgan fingerprint density at radius 2 is 0.743 bits per heavy atom. The summed E-state index contributed by atoms with van der Waals surface area (Å²) in [4.78, 5) is 82.2. The molecule has 15 nitrogen and oxygen atoms in total. The minimum Gasteiger partial charge on any atom is -0.445 e. The summed E-state index contributed by atoms with van der Waals surface area (Å²) in [6, 6.07) is 39.2. The highest BCUT2D eigenvalue weighted by molar-refractivity contribution is 7.62. The molecule has 0 aliphatic heterocycles. The number of benzene rings is 5. The maximum Gasteiger partial charge on any atom is 0.408 e. The summed E-state index contributed by atoms with van der Waals surface area (Å²) >= 11 is 0. The normalized spacial score (nSPS) is 13.0. The van der Waals surface area contributed by atoms with Gasteiger partial charge in [-0.1, -0.05) is 167 Å². The van der Waals surface area contributed by atoms with Gasteiger partial charge in [-0.05, 0) is 71.9 Å². The van der Waals surface area contributed by atoms with Crippen LogP contribution in [0.5, 0.6) is 0 Å². The van der Waals surface area contributed by atoms with Crippen molar-refractivity contribution < 1.29 is 51.9 Å². The molecule has 0 heterocycles. The van der Waals surface area contributed by atoms with Gasteiger partial charge < -0.3 is 30.7 Å². The van der Waals surface area contributed by atoms with E-state index in [0.29, 0.717) is 11.1 Å². The molecule has 0 saturated carbocycles. The number of ether oxygens (including phenoxy) is 2. The van der Waals surface area contributed by atoms with Crippen molar-refractivity contribution in [3.63, 3.8) is 0 Å². The highest BCUT2D eigenvalue weighted by atomic mass is 31.2. The highest BCUT2D eigenvalue weighted by Gasteiger charge is 2.35. The number of carbonyl (C=O) groups is 6. The van der Waals surface area contributed by atoms with Crippen molar-refractivity contribution >= 4 is 48.5 Å². The van der Waals surface area contributed by atoms with E-state index in [1.54, 1.807) is 103 Å². The van der Waals surface area contributed by atoms with Gasteiger partial charge in [0.25, 0.3) is 0 Å². The lowest BCUT2D eigenvalue weighted by atomic mass is 10.00. The number of ketones is 2. The Kier molecular flexibility index (Phi) is 21.5. The van der Waals surface area contributed by atoms with Crippen molar-refractivity contribution in [2.24, 2.45) is 11.8 Å². The van der Waals surface area contributed by atoms with E-state index in [0.717, 1.165) is 11.1 Å².